The number of hydrogen-bond acceptors (Lipinski definition) is 5. The fourth-order valence-corrected chi connectivity index (χ4v) is 2.51. The van der Waals surface area contributed by atoms with Crippen LogP contribution in [0.2, 0.25) is 0 Å². The molecule has 3 heterocycles. The Morgan fingerprint density at radius 3 is 3.10 bits per heavy atom. The van der Waals surface area contributed by atoms with Crippen molar-refractivity contribution >= 4 is 5.82 Å². The molecule has 3 rings (SSSR count). The number of nitriles is 1. The van der Waals surface area contributed by atoms with E-state index in [9.17, 15) is 0 Å². The zero-order valence-corrected chi connectivity index (χ0v) is 11.4. The molecule has 2 aromatic rings. The van der Waals surface area contributed by atoms with E-state index in [1.165, 1.54) is 0 Å². The maximum absolute atomic E-state index is 8.74. The number of aromatic nitrogens is 4. The van der Waals surface area contributed by atoms with Crippen LogP contribution in [0.5, 0.6) is 0 Å². The molecule has 0 spiro atoms. The summed E-state index contributed by atoms with van der Waals surface area (Å²) in [7, 11) is 0. The van der Waals surface area contributed by atoms with Gasteiger partial charge in [0.15, 0.2) is 0 Å². The van der Waals surface area contributed by atoms with Crippen molar-refractivity contribution in [2.45, 2.75) is 26.3 Å². The zero-order chi connectivity index (χ0) is 13.9. The van der Waals surface area contributed by atoms with Crippen LogP contribution >= 0.6 is 0 Å². The highest BCUT2D eigenvalue weighted by Gasteiger charge is 2.21. The predicted molar refractivity (Wildman–Crippen MR) is 74.0 cm³/mol. The molecule has 1 N–H and O–H groups in total. The summed E-state index contributed by atoms with van der Waals surface area (Å²) in [6, 6.07) is 5.69. The summed E-state index contributed by atoms with van der Waals surface area (Å²) in [5, 5.41) is 20.4. The first-order valence-electron chi connectivity index (χ1n) is 6.75. The Balaban J connectivity index is 1.59. The molecule has 0 radical (unpaired) electrons. The lowest BCUT2D eigenvalue weighted by Crippen LogP contribution is -2.26. The highest BCUT2D eigenvalue weighted by Crippen LogP contribution is 2.20. The van der Waals surface area contributed by atoms with E-state index in [1.54, 1.807) is 12.3 Å². The van der Waals surface area contributed by atoms with Crippen molar-refractivity contribution in [1.82, 2.24) is 19.7 Å². The summed E-state index contributed by atoms with van der Waals surface area (Å²) in [5.74, 6) is 3.45. The number of anilines is 1. The molecule has 0 amide bonds. The Morgan fingerprint density at radius 2 is 2.35 bits per heavy atom. The van der Waals surface area contributed by atoms with Gasteiger partial charge >= 0.3 is 0 Å². The van der Waals surface area contributed by atoms with Crippen LogP contribution in [0.15, 0.2) is 18.3 Å². The molecule has 6 nitrogen and oxygen atoms in total. The van der Waals surface area contributed by atoms with E-state index in [4.69, 9.17) is 5.26 Å². The van der Waals surface area contributed by atoms with Gasteiger partial charge in [0.05, 0.1) is 5.56 Å². The van der Waals surface area contributed by atoms with Crippen molar-refractivity contribution < 1.29 is 0 Å². The third-order valence-corrected chi connectivity index (χ3v) is 3.69. The van der Waals surface area contributed by atoms with Crippen LogP contribution < -0.4 is 5.32 Å². The zero-order valence-electron chi connectivity index (χ0n) is 11.4. The van der Waals surface area contributed by atoms with Gasteiger partial charge in [0.2, 0.25) is 0 Å². The van der Waals surface area contributed by atoms with Gasteiger partial charge in [0.25, 0.3) is 0 Å². The molecule has 102 valence electrons. The Morgan fingerprint density at radius 1 is 1.45 bits per heavy atom. The van der Waals surface area contributed by atoms with Gasteiger partial charge in [-0.2, -0.15) is 5.26 Å². The standard InChI is InChI=1S/C14H16N6/c1-10-18-19-14-5-3-12(9-20(10)14)8-17-13-4-2-11(6-15)7-16-13/h2,4,7,12H,3,5,8-9H2,1H3,(H,16,17)/t12-/m1/s1. The number of aryl methyl sites for hydroxylation is 2. The Bertz CT molecular complexity index is 637. The molecular formula is C14H16N6. The molecule has 0 bridgehead atoms. The van der Waals surface area contributed by atoms with E-state index in [0.29, 0.717) is 11.5 Å². The first-order valence-corrected chi connectivity index (χ1v) is 6.75. The van der Waals surface area contributed by atoms with Gasteiger partial charge in [0.1, 0.15) is 23.5 Å². The second-order valence-electron chi connectivity index (χ2n) is 5.10. The topological polar surface area (TPSA) is 79.4 Å². The summed E-state index contributed by atoms with van der Waals surface area (Å²) < 4.78 is 2.20. The molecule has 1 aliphatic heterocycles. The van der Waals surface area contributed by atoms with Crippen LogP contribution in [0.1, 0.15) is 23.6 Å². The minimum absolute atomic E-state index is 0.551. The summed E-state index contributed by atoms with van der Waals surface area (Å²) in [5.41, 5.74) is 0.581. The second kappa shape index (κ2) is 5.29. The molecule has 6 heteroatoms. The Labute approximate surface area is 117 Å². The van der Waals surface area contributed by atoms with Gasteiger partial charge in [-0.15, -0.1) is 10.2 Å². The van der Waals surface area contributed by atoms with Crippen LogP contribution in [0.3, 0.4) is 0 Å². The normalized spacial score (nSPS) is 17.3. The Hall–Kier alpha value is -2.42. The molecular weight excluding hydrogens is 252 g/mol. The highest BCUT2D eigenvalue weighted by molar-refractivity contribution is 5.38. The maximum Gasteiger partial charge on any atom is 0.133 e. The average Bonchev–Trinajstić information content (AvgIpc) is 2.87. The first kappa shape index (κ1) is 12.6. The fourth-order valence-electron chi connectivity index (χ4n) is 2.51. The third kappa shape index (κ3) is 2.48. The minimum Gasteiger partial charge on any atom is -0.370 e. The van der Waals surface area contributed by atoms with Crippen LogP contribution in [0.4, 0.5) is 5.82 Å². The van der Waals surface area contributed by atoms with E-state index in [1.807, 2.05) is 13.0 Å². The van der Waals surface area contributed by atoms with Gasteiger partial charge in [-0.3, -0.25) is 0 Å². The van der Waals surface area contributed by atoms with Crippen molar-refractivity contribution in [3.8, 4) is 6.07 Å². The molecule has 0 fully saturated rings. The van der Waals surface area contributed by atoms with Gasteiger partial charge in [-0.25, -0.2) is 4.98 Å². The summed E-state index contributed by atoms with van der Waals surface area (Å²) in [4.78, 5) is 4.22. The minimum atomic E-state index is 0.551. The number of rotatable bonds is 3. The maximum atomic E-state index is 8.74. The van der Waals surface area contributed by atoms with Gasteiger partial charge in [-0.1, -0.05) is 0 Å². The number of hydrogen-bond donors (Lipinski definition) is 1. The quantitative estimate of drug-likeness (QED) is 0.913. The van der Waals surface area contributed by atoms with Crippen molar-refractivity contribution in [3.63, 3.8) is 0 Å². The number of nitrogens with one attached hydrogen (secondary N) is 1. The average molecular weight is 268 g/mol. The smallest absolute Gasteiger partial charge is 0.133 e. The largest absolute Gasteiger partial charge is 0.370 e. The molecule has 0 aromatic carbocycles. The molecule has 0 saturated heterocycles. The molecule has 20 heavy (non-hydrogen) atoms. The monoisotopic (exact) mass is 268 g/mol. The Kier molecular flexibility index (Phi) is 3.33. The lowest BCUT2D eigenvalue weighted by Gasteiger charge is -2.24. The third-order valence-electron chi connectivity index (χ3n) is 3.69. The van der Waals surface area contributed by atoms with Crippen LogP contribution in [0.25, 0.3) is 0 Å². The van der Waals surface area contributed by atoms with E-state index in [2.05, 4.69) is 31.1 Å². The van der Waals surface area contributed by atoms with Crippen molar-refractivity contribution in [3.05, 3.63) is 35.5 Å². The molecule has 0 saturated carbocycles. The SMILES string of the molecule is Cc1nnc2n1C[C@@H](CNc1ccc(C#N)cn1)CC2. The molecule has 1 atom stereocenters. The number of pyridine rings is 1. The van der Waals surface area contributed by atoms with Gasteiger partial charge < -0.3 is 9.88 Å². The summed E-state index contributed by atoms with van der Waals surface area (Å²) in [6.07, 6.45) is 3.68. The summed E-state index contributed by atoms with van der Waals surface area (Å²) in [6.45, 7) is 3.82. The van der Waals surface area contributed by atoms with Gasteiger partial charge in [0, 0.05) is 25.7 Å². The van der Waals surface area contributed by atoms with E-state index < -0.39 is 0 Å². The lowest BCUT2D eigenvalue weighted by molar-refractivity contribution is 0.376. The highest BCUT2D eigenvalue weighted by atomic mass is 15.3. The van der Waals surface area contributed by atoms with Crippen molar-refractivity contribution in [2.24, 2.45) is 5.92 Å². The van der Waals surface area contributed by atoms with Crippen LogP contribution in [-0.4, -0.2) is 26.3 Å². The fraction of sp³-hybridized carbons (Fsp3) is 0.429. The van der Waals surface area contributed by atoms with Crippen LogP contribution in [0, 0.1) is 24.2 Å². The van der Waals surface area contributed by atoms with Crippen LogP contribution in [-0.2, 0) is 13.0 Å². The number of nitrogens with zero attached hydrogens (tertiary/aromatic N) is 5. The molecule has 2 aromatic heterocycles. The van der Waals surface area contributed by atoms with E-state index in [0.717, 1.165) is 43.4 Å². The van der Waals surface area contributed by atoms with Gasteiger partial charge in [-0.05, 0) is 31.4 Å². The summed E-state index contributed by atoms with van der Waals surface area (Å²) >= 11 is 0. The number of fused-ring (bicyclic) bond motifs is 1. The molecule has 0 aliphatic carbocycles. The first-order chi connectivity index (χ1) is 9.76. The molecule has 0 unspecified atom stereocenters. The van der Waals surface area contributed by atoms with E-state index in [-0.39, 0.29) is 0 Å². The van der Waals surface area contributed by atoms with Crippen molar-refractivity contribution in [2.75, 3.05) is 11.9 Å². The van der Waals surface area contributed by atoms with E-state index >= 15 is 0 Å². The predicted octanol–water partition coefficient (Wildman–Crippen LogP) is 1.53. The molecule has 1 aliphatic rings. The second-order valence-corrected chi connectivity index (χ2v) is 5.10. The lowest BCUT2D eigenvalue weighted by atomic mass is 9.99. The van der Waals surface area contributed by atoms with Crippen molar-refractivity contribution in [1.29, 1.82) is 5.26 Å².